The number of carbonyl (C=O) groups is 2. The number of carbonyl (C=O) groups excluding carboxylic acids is 2. The van der Waals surface area contributed by atoms with Crippen LogP contribution in [0.1, 0.15) is 22.6 Å². The van der Waals surface area contributed by atoms with E-state index in [1.165, 1.54) is 21.7 Å². The highest BCUT2D eigenvalue weighted by Gasteiger charge is 2.34. The number of hydrogen-bond donors (Lipinski definition) is 1. The Morgan fingerprint density at radius 3 is 2.78 bits per heavy atom. The van der Waals surface area contributed by atoms with Crippen molar-refractivity contribution < 1.29 is 27.5 Å². The lowest BCUT2D eigenvalue weighted by molar-refractivity contribution is -0.306. The Kier molecular flexibility index (Phi) is 5.99. The maximum Gasteiger partial charge on any atom is 0.572 e. The Bertz CT molecular complexity index is 1150. The van der Waals surface area contributed by atoms with Gasteiger partial charge in [0.15, 0.2) is 11.5 Å². The van der Waals surface area contributed by atoms with E-state index in [-0.39, 0.29) is 48.0 Å². The number of amides is 2. The van der Waals surface area contributed by atoms with Gasteiger partial charge < -0.3 is 15.0 Å². The van der Waals surface area contributed by atoms with Crippen LogP contribution < -0.4 is 5.32 Å². The Hall–Kier alpha value is -2.86. The van der Waals surface area contributed by atoms with E-state index in [2.05, 4.69) is 36.1 Å². The molecule has 1 saturated heterocycles. The third kappa shape index (κ3) is 4.96. The van der Waals surface area contributed by atoms with Gasteiger partial charge in [0.05, 0.1) is 12.4 Å². The highest BCUT2D eigenvalue weighted by Crippen LogP contribution is 2.34. The molecule has 1 aliphatic carbocycles. The topological polar surface area (TPSA) is 89.4 Å². The number of pyridine rings is 1. The zero-order chi connectivity index (χ0) is 23.0. The van der Waals surface area contributed by atoms with Gasteiger partial charge in [-0.3, -0.25) is 9.59 Å². The number of rotatable bonds is 4. The number of nitrogens with zero attached hydrogens (tertiary/aromatic N) is 4. The Morgan fingerprint density at radius 1 is 1.34 bits per heavy atom. The summed E-state index contributed by atoms with van der Waals surface area (Å²) in [5.74, 6) is -0.867. The third-order valence-electron chi connectivity index (χ3n) is 4.55. The fourth-order valence-electron chi connectivity index (χ4n) is 3.26. The molecule has 0 saturated carbocycles. The molecule has 4 rings (SSSR count). The molecule has 1 atom stereocenters. The molecule has 8 nitrogen and oxygen atoms in total. The summed E-state index contributed by atoms with van der Waals surface area (Å²) in [7, 11) is 0. The van der Waals surface area contributed by atoms with Crippen molar-refractivity contribution in [3.8, 4) is 5.82 Å². The van der Waals surface area contributed by atoms with Crippen molar-refractivity contribution in [2.45, 2.75) is 17.6 Å². The normalized spacial score (nSPS) is 18.8. The highest BCUT2D eigenvalue weighted by molar-refractivity contribution is 9.09. The van der Waals surface area contributed by atoms with E-state index >= 15 is 0 Å². The van der Waals surface area contributed by atoms with Crippen molar-refractivity contribution in [3.05, 3.63) is 58.7 Å². The first kappa shape index (κ1) is 22.3. The average Bonchev–Trinajstić information content (AvgIpc) is 3.32. The molecule has 1 unspecified atom stereocenters. The van der Waals surface area contributed by atoms with Crippen molar-refractivity contribution in [2.75, 3.05) is 13.2 Å². The monoisotopic (exact) mass is 531 g/mol. The molecule has 1 aliphatic heterocycles. The number of halogens is 5. The van der Waals surface area contributed by atoms with E-state index in [1.54, 1.807) is 24.3 Å². The van der Waals surface area contributed by atoms with Crippen LogP contribution in [0.25, 0.3) is 11.4 Å². The summed E-state index contributed by atoms with van der Waals surface area (Å²) >= 11 is 9.30. The zero-order valence-electron chi connectivity index (χ0n) is 16.1. The summed E-state index contributed by atoms with van der Waals surface area (Å²) in [6, 6.07) is 6.18. The lowest BCUT2D eigenvalue weighted by atomic mass is 10.0. The molecule has 2 aromatic heterocycles. The van der Waals surface area contributed by atoms with Gasteiger partial charge in [0.2, 0.25) is 5.91 Å². The van der Waals surface area contributed by atoms with Gasteiger partial charge in [0, 0.05) is 16.8 Å². The van der Waals surface area contributed by atoms with E-state index in [0.29, 0.717) is 11.3 Å². The van der Waals surface area contributed by atoms with Crippen LogP contribution >= 0.6 is 27.5 Å². The van der Waals surface area contributed by atoms with Crippen molar-refractivity contribution in [2.24, 2.45) is 0 Å². The van der Waals surface area contributed by atoms with Crippen LogP contribution in [0.15, 0.2) is 42.2 Å². The van der Waals surface area contributed by atoms with Gasteiger partial charge in [-0.1, -0.05) is 39.7 Å². The summed E-state index contributed by atoms with van der Waals surface area (Å²) in [6.45, 7) is -0.0863. The first-order valence-electron chi connectivity index (χ1n) is 9.20. The van der Waals surface area contributed by atoms with Gasteiger partial charge in [0.25, 0.3) is 5.91 Å². The SMILES string of the molecule is O=C1CN(C(=O)c2cc(C3=CC(Br)CC(OC(F)(F)F)=C3)n(-c3cccc(Cl)n3)n2)CN1. The quantitative estimate of drug-likeness (QED) is 0.482. The summed E-state index contributed by atoms with van der Waals surface area (Å²) in [5, 5.41) is 7.00. The molecular weight excluding hydrogens is 519 g/mol. The molecule has 0 bridgehead atoms. The lowest BCUT2D eigenvalue weighted by Gasteiger charge is -2.20. The van der Waals surface area contributed by atoms with Crippen LogP contribution in [0.2, 0.25) is 5.15 Å². The highest BCUT2D eigenvalue weighted by atomic mass is 79.9. The Balaban J connectivity index is 1.78. The minimum atomic E-state index is -4.84. The molecule has 1 fully saturated rings. The number of aromatic nitrogens is 3. The molecule has 0 spiro atoms. The van der Waals surface area contributed by atoms with Crippen molar-refractivity contribution in [3.63, 3.8) is 0 Å². The fraction of sp³-hybridized carbons (Fsp3) is 0.263. The van der Waals surface area contributed by atoms with Crippen molar-refractivity contribution in [1.82, 2.24) is 25.0 Å². The number of alkyl halides is 4. The molecule has 2 aliphatic rings. The van der Waals surface area contributed by atoms with Crippen LogP contribution in [-0.2, 0) is 9.53 Å². The average molecular weight is 533 g/mol. The predicted molar refractivity (Wildman–Crippen MR) is 111 cm³/mol. The summed E-state index contributed by atoms with van der Waals surface area (Å²) in [4.78, 5) is 29.3. The number of hydrogen-bond acceptors (Lipinski definition) is 5. The molecular formula is C19H14BrClF3N5O3. The van der Waals surface area contributed by atoms with Crippen LogP contribution in [0.3, 0.4) is 0 Å². The van der Waals surface area contributed by atoms with E-state index in [1.807, 2.05) is 0 Å². The van der Waals surface area contributed by atoms with Gasteiger partial charge in [0.1, 0.15) is 17.5 Å². The van der Waals surface area contributed by atoms with Crippen molar-refractivity contribution in [1.29, 1.82) is 0 Å². The maximum atomic E-state index is 12.8. The lowest BCUT2D eigenvalue weighted by Crippen LogP contribution is -2.30. The van der Waals surface area contributed by atoms with Gasteiger partial charge in [-0.2, -0.15) is 5.10 Å². The minimum Gasteiger partial charge on any atom is -0.410 e. The molecule has 13 heteroatoms. The maximum absolute atomic E-state index is 12.8. The molecule has 0 aromatic carbocycles. The number of ether oxygens (including phenoxy) is 1. The molecule has 0 radical (unpaired) electrons. The summed E-state index contributed by atoms with van der Waals surface area (Å²) < 4.78 is 43.8. The second-order valence-electron chi connectivity index (χ2n) is 6.91. The first-order valence-corrected chi connectivity index (χ1v) is 10.5. The van der Waals surface area contributed by atoms with Crippen molar-refractivity contribution >= 4 is 44.9 Å². The van der Waals surface area contributed by atoms with E-state index in [0.717, 1.165) is 0 Å². The molecule has 2 aromatic rings. The molecule has 3 heterocycles. The number of nitrogens with one attached hydrogen (secondary N) is 1. The van der Waals surface area contributed by atoms with Crippen LogP contribution in [0.4, 0.5) is 13.2 Å². The summed E-state index contributed by atoms with van der Waals surface area (Å²) in [6.07, 6.45) is -1.94. The molecule has 2 amide bonds. The second-order valence-corrected chi connectivity index (χ2v) is 8.47. The van der Waals surface area contributed by atoms with Gasteiger partial charge in [-0.25, -0.2) is 9.67 Å². The van der Waals surface area contributed by atoms with Crippen LogP contribution in [0, 0.1) is 0 Å². The van der Waals surface area contributed by atoms with Gasteiger partial charge >= 0.3 is 6.36 Å². The first-order chi connectivity index (χ1) is 15.1. The van der Waals surface area contributed by atoms with Crippen LogP contribution in [0.5, 0.6) is 0 Å². The zero-order valence-corrected chi connectivity index (χ0v) is 18.4. The Labute approximate surface area is 192 Å². The molecule has 32 heavy (non-hydrogen) atoms. The minimum absolute atomic E-state index is 0.0115. The van der Waals surface area contributed by atoms with Gasteiger partial charge in [-0.15, -0.1) is 13.2 Å². The van der Waals surface area contributed by atoms with Gasteiger partial charge in [-0.05, 0) is 24.3 Å². The standard InChI is InChI=1S/C19H14BrClF3N5O3/c20-11-4-10(5-12(6-11)32-19(22,23)24)14-7-13(18(31)28-8-17(30)25-9-28)27-29(14)16-3-1-2-15(21)26-16/h1-5,7,11H,6,8-9H2,(H,25,30). The third-order valence-corrected chi connectivity index (χ3v) is 5.35. The molecule has 168 valence electrons. The summed E-state index contributed by atoms with van der Waals surface area (Å²) in [5.41, 5.74) is 0.623. The van der Waals surface area contributed by atoms with Crippen LogP contribution in [-0.4, -0.2) is 55.9 Å². The van der Waals surface area contributed by atoms with E-state index < -0.39 is 17.1 Å². The second kappa shape index (κ2) is 8.58. The smallest absolute Gasteiger partial charge is 0.410 e. The molecule has 1 N–H and O–H groups in total. The largest absolute Gasteiger partial charge is 0.572 e. The number of allylic oxidation sites excluding steroid dienone is 4. The van der Waals surface area contributed by atoms with E-state index in [4.69, 9.17) is 11.6 Å². The Morgan fingerprint density at radius 2 is 2.12 bits per heavy atom. The van der Waals surface area contributed by atoms with E-state index in [9.17, 15) is 22.8 Å². The fourth-order valence-corrected chi connectivity index (χ4v) is 4.02. The predicted octanol–water partition coefficient (Wildman–Crippen LogP) is 3.42.